The molecule has 2 heterocycles. The van der Waals surface area contributed by atoms with Crippen LogP contribution in [-0.4, -0.2) is 14.4 Å². The number of hydrogen-bond donors (Lipinski definition) is 0. The Balaban J connectivity index is 1.90. The van der Waals surface area contributed by atoms with Gasteiger partial charge in [-0.05, 0) is 12.1 Å². The van der Waals surface area contributed by atoms with Crippen LogP contribution in [0.4, 0.5) is 0 Å². The Morgan fingerprint density at radius 1 is 1.16 bits per heavy atom. The number of hydrogen-bond acceptors (Lipinski definition) is 3. The smallest absolute Gasteiger partial charge is 0.159 e. The van der Waals surface area contributed by atoms with Gasteiger partial charge in [-0.1, -0.05) is 41.4 Å². The molecule has 0 aliphatic carbocycles. The molecule has 3 aromatic rings. The maximum atomic E-state index is 6.18. The number of benzene rings is 1. The lowest BCUT2D eigenvalue weighted by atomic mass is 10.4. The van der Waals surface area contributed by atoms with Crippen LogP contribution in [0.3, 0.4) is 0 Å². The Morgan fingerprint density at radius 2 is 1.95 bits per heavy atom. The number of fused-ring (bicyclic) bond motifs is 1. The van der Waals surface area contributed by atoms with Crippen LogP contribution >= 0.6 is 35.0 Å². The average molecular weight is 310 g/mol. The zero-order chi connectivity index (χ0) is 13.2. The van der Waals surface area contributed by atoms with Crippen molar-refractivity contribution >= 4 is 40.6 Å². The lowest BCUT2D eigenvalue weighted by molar-refractivity contribution is 1.01. The Bertz CT molecular complexity index is 712. The SMILES string of the molecule is Clc1cc(Cl)n2c(CSc3ccccc3)ncc2n1. The van der Waals surface area contributed by atoms with E-state index in [0.29, 0.717) is 16.0 Å². The van der Waals surface area contributed by atoms with E-state index in [1.54, 1.807) is 24.0 Å². The first kappa shape index (κ1) is 12.8. The molecule has 3 nitrogen and oxygen atoms in total. The number of aromatic nitrogens is 3. The molecule has 0 bridgehead atoms. The highest BCUT2D eigenvalue weighted by Gasteiger charge is 2.09. The van der Waals surface area contributed by atoms with Gasteiger partial charge in [-0.15, -0.1) is 11.8 Å². The first-order valence-corrected chi connectivity index (χ1v) is 7.34. The van der Waals surface area contributed by atoms with Gasteiger partial charge in [0.05, 0.1) is 11.9 Å². The predicted octanol–water partition coefficient (Wildman–Crippen LogP) is 4.33. The highest BCUT2D eigenvalue weighted by Crippen LogP contribution is 2.24. The molecule has 0 atom stereocenters. The minimum atomic E-state index is 0.375. The summed E-state index contributed by atoms with van der Waals surface area (Å²) in [6.45, 7) is 0. The molecule has 6 heteroatoms. The molecule has 1 aromatic carbocycles. The summed E-state index contributed by atoms with van der Waals surface area (Å²) in [7, 11) is 0. The molecule has 3 rings (SSSR count). The zero-order valence-electron chi connectivity index (χ0n) is 9.75. The molecule has 0 aliphatic rings. The summed E-state index contributed by atoms with van der Waals surface area (Å²) in [4.78, 5) is 9.73. The molecule has 19 heavy (non-hydrogen) atoms. The summed E-state index contributed by atoms with van der Waals surface area (Å²) in [5.41, 5.74) is 0.668. The van der Waals surface area contributed by atoms with E-state index >= 15 is 0 Å². The molecule has 96 valence electrons. The van der Waals surface area contributed by atoms with Crippen molar-refractivity contribution in [3.8, 4) is 0 Å². The highest BCUT2D eigenvalue weighted by atomic mass is 35.5. The molecule has 0 saturated heterocycles. The van der Waals surface area contributed by atoms with Gasteiger partial charge in [0.1, 0.15) is 16.1 Å². The van der Waals surface area contributed by atoms with Crippen LogP contribution in [0.2, 0.25) is 10.3 Å². The fraction of sp³-hybridized carbons (Fsp3) is 0.0769. The molecule has 0 saturated carbocycles. The van der Waals surface area contributed by atoms with Crippen molar-refractivity contribution in [2.45, 2.75) is 10.6 Å². The minimum absolute atomic E-state index is 0.375. The van der Waals surface area contributed by atoms with E-state index in [1.807, 2.05) is 22.6 Å². The molecule has 0 N–H and O–H groups in total. The molecule has 0 spiro atoms. The fourth-order valence-corrected chi connectivity index (χ4v) is 3.14. The first-order chi connectivity index (χ1) is 9.24. The number of halogens is 2. The predicted molar refractivity (Wildman–Crippen MR) is 79.0 cm³/mol. The van der Waals surface area contributed by atoms with Crippen molar-refractivity contribution in [1.82, 2.24) is 14.4 Å². The highest BCUT2D eigenvalue weighted by molar-refractivity contribution is 7.98. The van der Waals surface area contributed by atoms with Gasteiger partial charge in [0.25, 0.3) is 0 Å². The van der Waals surface area contributed by atoms with Crippen molar-refractivity contribution in [1.29, 1.82) is 0 Å². The third-order valence-corrected chi connectivity index (χ3v) is 4.08. The third-order valence-electron chi connectivity index (χ3n) is 2.60. The maximum absolute atomic E-state index is 6.18. The van der Waals surface area contributed by atoms with Crippen molar-refractivity contribution in [2.24, 2.45) is 0 Å². The summed E-state index contributed by atoms with van der Waals surface area (Å²) < 4.78 is 1.81. The second-order valence-electron chi connectivity index (χ2n) is 3.87. The monoisotopic (exact) mass is 309 g/mol. The van der Waals surface area contributed by atoms with Gasteiger partial charge >= 0.3 is 0 Å². The van der Waals surface area contributed by atoms with Gasteiger partial charge in [-0.25, -0.2) is 9.97 Å². The summed E-state index contributed by atoms with van der Waals surface area (Å²) in [6.07, 6.45) is 1.68. The van der Waals surface area contributed by atoms with Crippen LogP contribution < -0.4 is 0 Å². The summed E-state index contributed by atoms with van der Waals surface area (Å²) >= 11 is 13.7. The van der Waals surface area contributed by atoms with Crippen LogP contribution in [0.25, 0.3) is 5.65 Å². The van der Waals surface area contributed by atoms with Crippen molar-refractivity contribution in [3.05, 3.63) is 58.7 Å². The number of thioether (sulfide) groups is 1. The topological polar surface area (TPSA) is 30.2 Å². The molecular formula is C13H9Cl2N3S. The summed E-state index contributed by atoms with van der Waals surface area (Å²) in [6, 6.07) is 11.8. The van der Waals surface area contributed by atoms with Crippen molar-refractivity contribution in [3.63, 3.8) is 0 Å². The Morgan fingerprint density at radius 3 is 2.74 bits per heavy atom. The molecule has 0 amide bonds. The number of rotatable bonds is 3. The van der Waals surface area contributed by atoms with E-state index in [4.69, 9.17) is 23.2 Å². The quantitative estimate of drug-likeness (QED) is 0.533. The van der Waals surface area contributed by atoms with Crippen LogP contribution in [0.1, 0.15) is 5.82 Å². The molecule has 0 radical (unpaired) electrons. The molecule has 0 unspecified atom stereocenters. The van der Waals surface area contributed by atoms with Crippen molar-refractivity contribution in [2.75, 3.05) is 0 Å². The van der Waals surface area contributed by atoms with E-state index in [2.05, 4.69) is 22.1 Å². The normalized spacial score (nSPS) is 11.1. The second kappa shape index (κ2) is 5.41. The standard InChI is InChI=1S/C13H9Cl2N3S/c14-10-6-11(15)18-12(17-10)7-16-13(18)8-19-9-4-2-1-3-5-9/h1-7H,8H2. The maximum Gasteiger partial charge on any atom is 0.159 e. The van der Waals surface area contributed by atoms with Gasteiger partial charge < -0.3 is 0 Å². The summed E-state index contributed by atoms with van der Waals surface area (Å²) in [5.74, 6) is 1.58. The van der Waals surface area contributed by atoms with Gasteiger partial charge in [-0.3, -0.25) is 4.40 Å². The van der Waals surface area contributed by atoms with Gasteiger partial charge in [-0.2, -0.15) is 0 Å². The largest absolute Gasteiger partial charge is 0.270 e. The minimum Gasteiger partial charge on any atom is -0.270 e. The van der Waals surface area contributed by atoms with Crippen LogP contribution in [0.15, 0.2) is 47.5 Å². The Labute approximate surface area is 124 Å². The zero-order valence-corrected chi connectivity index (χ0v) is 12.1. The third kappa shape index (κ3) is 2.71. The molecule has 2 aromatic heterocycles. The lowest BCUT2D eigenvalue weighted by Gasteiger charge is -2.04. The molecular weight excluding hydrogens is 301 g/mol. The molecule has 0 aliphatic heterocycles. The average Bonchev–Trinajstić information content (AvgIpc) is 2.81. The van der Waals surface area contributed by atoms with E-state index in [0.717, 1.165) is 11.6 Å². The van der Waals surface area contributed by atoms with Gasteiger partial charge in [0.15, 0.2) is 5.65 Å². The van der Waals surface area contributed by atoms with Gasteiger partial charge in [0, 0.05) is 11.0 Å². The van der Waals surface area contributed by atoms with Crippen LogP contribution in [0.5, 0.6) is 0 Å². The summed E-state index contributed by atoms with van der Waals surface area (Å²) in [5, 5.41) is 0.899. The van der Waals surface area contributed by atoms with E-state index < -0.39 is 0 Å². The van der Waals surface area contributed by atoms with Gasteiger partial charge in [0.2, 0.25) is 0 Å². The van der Waals surface area contributed by atoms with Crippen molar-refractivity contribution < 1.29 is 0 Å². The van der Waals surface area contributed by atoms with E-state index in [1.165, 1.54) is 4.90 Å². The fourth-order valence-electron chi connectivity index (χ4n) is 1.76. The van der Waals surface area contributed by atoms with E-state index in [9.17, 15) is 0 Å². The Kier molecular flexibility index (Phi) is 3.64. The van der Waals surface area contributed by atoms with Crippen LogP contribution in [-0.2, 0) is 5.75 Å². The first-order valence-electron chi connectivity index (χ1n) is 5.60. The van der Waals surface area contributed by atoms with E-state index in [-0.39, 0.29) is 0 Å². The molecule has 0 fully saturated rings. The second-order valence-corrected chi connectivity index (χ2v) is 5.69. The number of imidazole rings is 1. The Hall–Kier alpha value is -1.23. The lowest BCUT2D eigenvalue weighted by Crippen LogP contribution is -1.96. The number of nitrogens with zero attached hydrogens (tertiary/aromatic N) is 3. The van der Waals surface area contributed by atoms with Crippen LogP contribution in [0, 0.1) is 0 Å².